The normalized spacial score (nSPS) is 14.9. The molecule has 328 valence electrons. The number of unbranched alkanes of at least 4 members (excludes halogenated alkanes) is 12. The monoisotopic (exact) mass is 823 g/mol. The van der Waals surface area contributed by atoms with Gasteiger partial charge in [0, 0.05) is 12.8 Å². The molecule has 11 heteroatoms. The highest BCUT2D eigenvalue weighted by atomic mass is 31.2. The van der Waals surface area contributed by atoms with Crippen LogP contribution in [0.1, 0.15) is 149 Å². The molecule has 2 N–H and O–H groups in total. The van der Waals surface area contributed by atoms with Gasteiger partial charge in [-0.15, -0.1) is 0 Å². The molecule has 0 saturated carbocycles. The molecule has 10 nitrogen and oxygen atoms in total. The Hall–Kier alpha value is -2.59. The first-order valence-electron chi connectivity index (χ1n) is 21.8. The SMILES string of the molecule is CCCCCCCC/C=C\CCCCCCCC(=O)OC[C@H](COP(=O)(O)OCC[N+](C)(C)C)OC(=O)CCC/C=C\C/C=C\C/C=C\C/C=C\C=C\[C@H](O)CC. The van der Waals surface area contributed by atoms with Gasteiger partial charge in [0.25, 0.3) is 0 Å². The molecule has 0 rings (SSSR count). The van der Waals surface area contributed by atoms with Crippen LogP contribution < -0.4 is 0 Å². The lowest BCUT2D eigenvalue weighted by molar-refractivity contribution is -0.870. The number of likely N-dealkylation sites (N-methyl/N-ethyl adjacent to an activating group) is 1. The second-order valence-electron chi connectivity index (χ2n) is 15.5. The van der Waals surface area contributed by atoms with Crippen molar-refractivity contribution in [1.82, 2.24) is 0 Å². The third-order valence-corrected chi connectivity index (χ3v) is 9.86. The van der Waals surface area contributed by atoms with E-state index >= 15 is 0 Å². The van der Waals surface area contributed by atoms with Gasteiger partial charge in [0.05, 0.1) is 33.9 Å². The van der Waals surface area contributed by atoms with Crippen molar-refractivity contribution >= 4 is 19.8 Å². The number of phosphoric acid groups is 1. The highest BCUT2D eigenvalue weighted by molar-refractivity contribution is 7.47. The Bertz CT molecular complexity index is 1220. The molecule has 0 heterocycles. The molecule has 0 amide bonds. The van der Waals surface area contributed by atoms with Gasteiger partial charge in [-0.3, -0.25) is 18.6 Å². The number of hydrogen-bond acceptors (Lipinski definition) is 8. The molecule has 0 spiro atoms. The van der Waals surface area contributed by atoms with Crippen molar-refractivity contribution in [3.63, 3.8) is 0 Å². The third-order valence-electron chi connectivity index (χ3n) is 8.88. The van der Waals surface area contributed by atoms with Crippen LogP contribution >= 0.6 is 7.82 Å². The summed E-state index contributed by atoms with van der Waals surface area (Å²) in [7, 11) is 1.40. The summed E-state index contributed by atoms with van der Waals surface area (Å²) in [5, 5.41) is 9.48. The Morgan fingerprint density at radius 3 is 1.77 bits per heavy atom. The topological polar surface area (TPSA) is 129 Å². The second kappa shape index (κ2) is 37.7. The zero-order valence-electron chi connectivity index (χ0n) is 36.4. The molecule has 0 aliphatic rings. The summed E-state index contributed by atoms with van der Waals surface area (Å²) >= 11 is 0. The number of aliphatic hydroxyl groups excluding tert-OH is 1. The van der Waals surface area contributed by atoms with Crippen molar-refractivity contribution in [2.45, 2.75) is 161 Å². The lowest BCUT2D eigenvalue weighted by Crippen LogP contribution is -2.37. The lowest BCUT2D eigenvalue weighted by Gasteiger charge is -2.24. The molecular formula is C46H81NO9P+. The molecule has 0 bridgehead atoms. The Balaban J connectivity index is 4.52. The van der Waals surface area contributed by atoms with Gasteiger partial charge in [-0.25, -0.2) is 4.57 Å². The summed E-state index contributed by atoms with van der Waals surface area (Å²) in [5.41, 5.74) is 0. The van der Waals surface area contributed by atoms with E-state index in [0.29, 0.717) is 36.7 Å². The minimum atomic E-state index is -4.40. The first-order chi connectivity index (χ1) is 27.4. The number of ether oxygens (including phenoxy) is 2. The number of hydrogen-bond donors (Lipinski definition) is 2. The van der Waals surface area contributed by atoms with E-state index in [2.05, 4.69) is 49.5 Å². The Labute approximate surface area is 347 Å². The minimum absolute atomic E-state index is 0.00981. The predicted molar refractivity (Wildman–Crippen MR) is 235 cm³/mol. The summed E-state index contributed by atoms with van der Waals surface area (Å²) in [4.78, 5) is 35.3. The van der Waals surface area contributed by atoms with Crippen LogP contribution in [0.5, 0.6) is 0 Å². The van der Waals surface area contributed by atoms with Crippen molar-refractivity contribution in [1.29, 1.82) is 0 Å². The average molecular weight is 823 g/mol. The van der Waals surface area contributed by atoms with Crippen LogP contribution in [-0.4, -0.2) is 86.1 Å². The minimum Gasteiger partial charge on any atom is -0.462 e. The summed E-state index contributed by atoms with van der Waals surface area (Å²) in [6.45, 7) is 3.98. The predicted octanol–water partition coefficient (Wildman–Crippen LogP) is 11.2. The van der Waals surface area contributed by atoms with Gasteiger partial charge >= 0.3 is 19.8 Å². The maximum atomic E-state index is 12.7. The van der Waals surface area contributed by atoms with E-state index in [4.69, 9.17) is 18.5 Å². The van der Waals surface area contributed by atoms with E-state index in [9.17, 15) is 24.2 Å². The lowest BCUT2D eigenvalue weighted by atomic mass is 10.1. The van der Waals surface area contributed by atoms with Gasteiger partial charge in [-0.2, -0.15) is 0 Å². The molecule has 0 aliphatic carbocycles. The number of carbonyl (C=O) groups is 2. The van der Waals surface area contributed by atoms with Crippen LogP contribution in [0.4, 0.5) is 0 Å². The zero-order chi connectivity index (χ0) is 42.3. The smallest absolute Gasteiger partial charge is 0.462 e. The number of allylic oxidation sites excluding steroid dienone is 11. The Kier molecular flexibility index (Phi) is 36.0. The maximum absolute atomic E-state index is 12.7. The molecular weight excluding hydrogens is 741 g/mol. The molecule has 1 unspecified atom stereocenters. The van der Waals surface area contributed by atoms with Gasteiger partial charge < -0.3 is 24.0 Å². The fraction of sp³-hybridized carbons (Fsp3) is 0.696. The number of esters is 2. The van der Waals surface area contributed by atoms with Gasteiger partial charge in [-0.05, 0) is 70.6 Å². The molecule has 0 aromatic rings. The molecule has 57 heavy (non-hydrogen) atoms. The first-order valence-corrected chi connectivity index (χ1v) is 23.3. The number of aliphatic hydroxyl groups is 1. The molecule has 0 radical (unpaired) electrons. The number of rotatable bonds is 38. The van der Waals surface area contributed by atoms with Crippen LogP contribution in [0.15, 0.2) is 72.9 Å². The van der Waals surface area contributed by atoms with Gasteiger partial charge in [0.2, 0.25) is 0 Å². The largest absolute Gasteiger partial charge is 0.472 e. The van der Waals surface area contributed by atoms with Crippen LogP contribution in [0, 0.1) is 0 Å². The quantitative estimate of drug-likeness (QED) is 0.0156. The van der Waals surface area contributed by atoms with E-state index in [1.54, 1.807) is 6.08 Å². The van der Waals surface area contributed by atoms with E-state index in [1.807, 2.05) is 52.4 Å². The molecule has 0 fully saturated rings. The third kappa shape index (κ3) is 41.4. The zero-order valence-corrected chi connectivity index (χ0v) is 37.3. The van der Waals surface area contributed by atoms with Crippen LogP contribution in [0.2, 0.25) is 0 Å². The summed E-state index contributed by atoms with van der Waals surface area (Å²) in [6, 6.07) is 0. The molecule has 0 aromatic carbocycles. The van der Waals surface area contributed by atoms with Gasteiger partial charge in [0.1, 0.15) is 19.8 Å². The molecule has 0 aromatic heterocycles. The number of quaternary nitrogens is 1. The van der Waals surface area contributed by atoms with E-state index in [1.165, 1.54) is 44.9 Å². The average Bonchev–Trinajstić information content (AvgIpc) is 3.16. The van der Waals surface area contributed by atoms with Crippen LogP contribution in [-0.2, 0) is 32.7 Å². The summed E-state index contributed by atoms with van der Waals surface area (Å²) in [5.74, 6) is -0.902. The maximum Gasteiger partial charge on any atom is 0.472 e. The van der Waals surface area contributed by atoms with Crippen molar-refractivity contribution in [2.75, 3.05) is 47.5 Å². The highest BCUT2D eigenvalue weighted by Gasteiger charge is 2.27. The highest BCUT2D eigenvalue weighted by Crippen LogP contribution is 2.43. The van der Waals surface area contributed by atoms with Crippen LogP contribution in [0.3, 0.4) is 0 Å². The summed E-state index contributed by atoms with van der Waals surface area (Å²) < 4.78 is 34.2. The standard InChI is InChI=1S/C46H80NO9P/c1-6-8-9-10-11-12-13-14-15-19-22-25-28-31-34-37-45(49)53-41-44(42-55-57(51,52)54-40-39-47(3,4)5)56-46(50)38-35-32-29-26-23-20-17-16-18-21-24-27-30-33-36-43(48)7-2/h14-15,17-18,20-21,26-27,29-30,33,36,43-44,48H,6-13,16,19,22-25,28,31-32,34-35,37-42H2,1-5H3/p+1/b15-14-,20-17-,21-18-,29-26-,30-27-,36-33+/t43-,44-/m1/s1. The van der Waals surface area contributed by atoms with Crippen molar-refractivity contribution in [3.05, 3.63) is 72.9 Å². The van der Waals surface area contributed by atoms with Crippen molar-refractivity contribution in [2.24, 2.45) is 0 Å². The molecule has 0 aliphatic heterocycles. The van der Waals surface area contributed by atoms with E-state index in [0.717, 1.165) is 51.4 Å². The second-order valence-corrected chi connectivity index (χ2v) is 17.0. The first kappa shape index (κ1) is 54.4. The fourth-order valence-electron chi connectivity index (χ4n) is 5.29. The van der Waals surface area contributed by atoms with E-state index in [-0.39, 0.29) is 32.2 Å². The Morgan fingerprint density at radius 1 is 0.632 bits per heavy atom. The van der Waals surface area contributed by atoms with Gasteiger partial charge in [-0.1, -0.05) is 138 Å². The van der Waals surface area contributed by atoms with Crippen molar-refractivity contribution < 1.29 is 47.2 Å². The molecule has 3 atom stereocenters. The Morgan fingerprint density at radius 2 is 1.16 bits per heavy atom. The summed E-state index contributed by atoms with van der Waals surface area (Å²) in [6.07, 6.45) is 43.3. The number of carbonyl (C=O) groups excluding carboxylic acids is 2. The van der Waals surface area contributed by atoms with Gasteiger partial charge in [0.15, 0.2) is 6.10 Å². The number of nitrogens with zero attached hydrogens (tertiary/aromatic N) is 1. The van der Waals surface area contributed by atoms with Crippen molar-refractivity contribution in [3.8, 4) is 0 Å². The van der Waals surface area contributed by atoms with Crippen LogP contribution in [0.25, 0.3) is 0 Å². The fourth-order valence-corrected chi connectivity index (χ4v) is 6.03. The van der Waals surface area contributed by atoms with E-state index < -0.39 is 32.5 Å². The number of phosphoric ester groups is 1. The molecule has 0 saturated heterocycles.